The van der Waals surface area contributed by atoms with E-state index in [1.165, 1.54) is 6.07 Å². The van der Waals surface area contributed by atoms with Gasteiger partial charge in [0.1, 0.15) is 5.82 Å². The van der Waals surface area contributed by atoms with Crippen LogP contribution in [-0.2, 0) is 6.42 Å². The molecule has 1 aromatic rings. The van der Waals surface area contributed by atoms with Gasteiger partial charge in [0.05, 0.1) is 5.02 Å². The molecule has 0 nitrogen and oxygen atoms in total. The van der Waals surface area contributed by atoms with E-state index < -0.39 is 0 Å². The van der Waals surface area contributed by atoms with Gasteiger partial charge < -0.3 is 0 Å². The molecular weight excluding hydrogens is 266 g/mol. The van der Waals surface area contributed by atoms with E-state index in [1.54, 1.807) is 12.1 Å². The predicted molar refractivity (Wildman–Crippen MR) is 62.7 cm³/mol. The zero-order valence-corrected chi connectivity index (χ0v) is 10.6. The summed E-state index contributed by atoms with van der Waals surface area (Å²) in [6.07, 6.45) is 0.909. The molecule has 0 N–H and O–H groups in total. The van der Waals surface area contributed by atoms with Gasteiger partial charge in [0, 0.05) is 4.83 Å². The summed E-state index contributed by atoms with van der Waals surface area (Å²) in [4.78, 5) is 0.450. The number of rotatable bonds is 3. The summed E-state index contributed by atoms with van der Waals surface area (Å²) in [6, 6.07) is 4.90. The molecule has 0 aromatic heterocycles. The largest absolute Gasteiger partial charge is 0.205 e. The maximum Gasteiger partial charge on any atom is 0.141 e. The molecule has 0 aliphatic carbocycles. The second kappa shape index (κ2) is 5.13. The topological polar surface area (TPSA) is 0 Å². The number of hydrogen-bond donors (Lipinski definition) is 0. The average Bonchev–Trinajstić information content (AvgIpc) is 2.11. The third kappa shape index (κ3) is 3.25. The van der Waals surface area contributed by atoms with Gasteiger partial charge in [-0.25, -0.2) is 4.39 Å². The number of benzene rings is 1. The lowest BCUT2D eigenvalue weighted by molar-refractivity contribution is 0.578. The van der Waals surface area contributed by atoms with Crippen LogP contribution in [0, 0.1) is 11.7 Å². The molecule has 14 heavy (non-hydrogen) atoms. The minimum atomic E-state index is -0.352. The fourth-order valence-corrected chi connectivity index (χ4v) is 1.59. The predicted octanol–water partition coefficient (Wildman–Crippen LogP) is 4.44. The monoisotopic (exact) mass is 278 g/mol. The van der Waals surface area contributed by atoms with Crippen LogP contribution < -0.4 is 0 Å². The molecule has 0 radical (unpaired) electrons. The summed E-state index contributed by atoms with van der Waals surface area (Å²) in [5, 5.41) is 0.205. The molecule has 0 heterocycles. The number of hydrogen-bond acceptors (Lipinski definition) is 0. The van der Waals surface area contributed by atoms with E-state index in [9.17, 15) is 4.39 Å². The van der Waals surface area contributed by atoms with E-state index in [1.807, 2.05) is 0 Å². The van der Waals surface area contributed by atoms with Gasteiger partial charge in [0.25, 0.3) is 0 Å². The molecule has 0 saturated heterocycles. The standard InChI is InChI=1S/C11H13BrClF/c1-7(8(2)12)5-9-3-4-11(14)10(13)6-9/h3-4,6-8H,5H2,1-2H3. The van der Waals surface area contributed by atoms with Gasteiger partial charge in [-0.2, -0.15) is 0 Å². The van der Waals surface area contributed by atoms with Crippen molar-refractivity contribution in [3.05, 3.63) is 34.6 Å². The van der Waals surface area contributed by atoms with Crippen molar-refractivity contribution in [1.82, 2.24) is 0 Å². The van der Waals surface area contributed by atoms with Crippen molar-refractivity contribution in [1.29, 1.82) is 0 Å². The van der Waals surface area contributed by atoms with Gasteiger partial charge in [0.2, 0.25) is 0 Å². The third-order valence-corrected chi connectivity index (χ3v) is 3.52. The Labute approximate surface area is 97.6 Å². The Balaban J connectivity index is 2.73. The zero-order chi connectivity index (χ0) is 10.7. The molecular formula is C11H13BrClF. The number of halogens is 3. The quantitative estimate of drug-likeness (QED) is 0.718. The van der Waals surface area contributed by atoms with Crippen molar-refractivity contribution in [2.45, 2.75) is 25.1 Å². The Bertz CT molecular complexity index is 312. The molecule has 0 aliphatic rings. The highest BCUT2D eigenvalue weighted by atomic mass is 79.9. The van der Waals surface area contributed by atoms with E-state index in [0.717, 1.165) is 12.0 Å². The van der Waals surface area contributed by atoms with E-state index >= 15 is 0 Å². The average molecular weight is 280 g/mol. The smallest absolute Gasteiger partial charge is 0.141 e. The van der Waals surface area contributed by atoms with Crippen LogP contribution in [0.2, 0.25) is 5.02 Å². The van der Waals surface area contributed by atoms with E-state index in [4.69, 9.17) is 11.6 Å². The molecule has 0 fully saturated rings. The molecule has 2 atom stereocenters. The lowest BCUT2D eigenvalue weighted by Crippen LogP contribution is -2.09. The van der Waals surface area contributed by atoms with Crippen LogP contribution >= 0.6 is 27.5 Å². The first-order chi connectivity index (χ1) is 6.50. The molecule has 78 valence electrons. The normalized spacial score (nSPS) is 15.2. The van der Waals surface area contributed by atoms with Crippen LogP contribution in [-0.4, -0.2) is 4.83 Å². The second-order valence-electron chi connectivity index (χ2n) is 3.61. The summed E-state index contributed by atoms with van der Waals surface area (Å²) in [5.41, 5.74) is 1.08. The Morgan fingerprint density at radius 3 is 2.57 bits per heavy atom. The maximum absolute atomic E-state index is 12.9. The van der Waals surface area contributed by atoms with Crippen molar-refractivity contribution < 1.29 is 4.39 Å². The van der Waals surface area contributed by atoms with Gasteiger partial charge in [-0.15, -0.1) is 0 Å². The highest BCUT2D eigenvalue weighted by molar-refractivity contribution is 9.09. The lowest BCUT2D eigenvalue weighted by atomic mass is 9.99. The van der Waals surface area contributed by atoms with E-state index in [2.05, 4.69) is 29.8 Å². The maximum atomic E-state index is 12.9. The Morgan fingerprint density at radius 1 is 1.43 bits per heavy atom. The van der Waals surface area contributed by atoms with Crippen molar-refractivity contribution in [2.75, 3.05) is 0 Å². The zero-order valence-electron chi connectivity index (χ0n) is 8.23. The van der Waals surface area contributed by atoms with Crippen LogP contribution in [0.15, 0.2) is 18.2 Å². The molecule has 2 unspecified atom stereocenters. The van der Waals surface area contributed by atoms with Crippen LogP contribution in [0.4, 0.5) is 4.39 Å². The summed E-state index contributed by atoms with van der Waals surface area (Å²) in [6.45, 7) is 4.26. The first-order valence-electron chi connectivity index (χ1n) is 4.58. The molecule has 0 saturated carbocycles. The minimum absolute atomic E-state index is 0.205. The molecule has 3 heteroatoms. The van der Waals surface area contributed by atoms with Crippen molar-refractivity contribution >= 4 is 27.5 Å². The van der Waals surface area contributed by atoms with Crippen LogP contribution in [0.5, 0.6) is 0 Å². The molecule has 1 rings (SSSR count). The van der Waals surface area contributed by atoms with Crippen LogP contribution in [0.3, 0.4) is 0 Å². The minimum Gasteiger partial charge on any atom is -0.205 e. The Morgan fingerprint density at radius 2 is 2.07 bits per heavy atom. The molecule has 0 spiro atoms. The SMILES string of the molecule is CC(Br)C(C)Cc1ccc(F)c(Cl)c1. The van der Waals surface area contributed by atoms with Crippen molar-refractivity contribution in [3.8, 4) is 0 Å². The number of alkyl halides is 1. The lowest BCUT2D eigenvalue weighted by Gasteiger charge is -2.13. The third-order valence-electron chi connectivity index (χ3n) is 2.33. The fraction of sp³-hybridized carbons (Fsp3) is 0.455. The Hall–Kier alpha value is -0.0800. The van der Waals surface area contributed by atoms with E-state index in [-0.39, 0.29) is 10.8 Å². The Kier molecular flexibility index (Phi) is 4.39. The van der Waals surface area contributed by atoms with Crippen LogP contribution in [0.1, 0.15) is 19.4 Å². The molecule has 0 bridgehead atoms. The van der Waals surface area contributed by atoms with Gasteiger partial charge in [-0.3, -0.25) is 0 Å². The van der Waals surface area contributed by atoms with Gasteiger partial charge >= 0.3 is 0 Å². The highest BCUT2D eigenvalue weighted by Crippen LogP contribution is 2.21. The first-order valence-corrected chi connectivity index (χ1v) is 5.88. The van der Waals surface area contributed by atoms with E-state index in [0.29, 0.717) is 10.7 Å². The molecule has 0 aliphatic heterocycles. The molecule has 0 amide bonds. The fourth-order valence-electron chi connectivity index (χ4n) is 1.20. The van der Waals surface area contributed by atoms with Gasteiger partial charge in [-0.1, -0.05) is 47.4 Å². The van der Waals surface area contributed by atoms with Crippen LogP contribution in [0.25, 0.3) is 0 Å². The highest BCUT2D eigenvalue weighted by Gasteiger charge is 2.10. The van der Waals surface area contributed by atoms with Gasteiger partial charge in [0.15, 0.2) is 0 Å². The summed E-state index contributed by atoms with van der Waals surface area (Å²) in [5.74, 6) is 0.159. The summed E-state index contributed by atoms with van der Waals surface area (Å²) >= 11 is 9.21. The first kappa shape index (κ1) is 12.0. The van der Waals surface area contributed by atoms with Gasteiger partial charge in [-0.05, 0) is 30.0 Å². The van der Waals surface area contributed by atoms with Crippen molar-refractivity contribution in [3.63, 3.8) is 0 Å². The summed E-state index contributed by atoms with van der Waals surface area (Å²) < 4.78 is 12.9. The second-order valence-corrected chi connectivity index (χ2v) is 5.46. The molecule has 1 aromatic carbocycles. The summed E-state index contributed by atoms with van der Waals surface area (Å²) in [7, 11) is 0. The van der Waals surface area contributed by atoms with Crippen molar-refractivity contribution in [2.24, 2.45) is 5.92 Å².